The van der Waals surface area contributed by atoms with E-state index in [1.807, 2.05) is 25.1 Å². The summed E-state index contributed by atoms with van der Waals surface area (Å²) in [5.74, 6) is 0.106. The van der Waals surface area contributed by atoms with Crippen LogP contribution in [0.4, 0.5) is 0 Å². The zero-order valence-electron chi connectivity index (χ0n) is 6.14. The Hall–Kier alpha value is -1.11. The molecule has 0 saturated heterocycles. The van der Waals surface area contributed by atoms with E-state index in [0.717, 1.165) is 11.1 Å². The van der Waals surface area contributed by atoms with Gasteiger partial charge in [-0.15, -0.1) is 0 Å². The number of benzene rings is 1. The molecule has 0 aromatic heterocycles. The normalized spacial score (nSPS) is 9.40. The minimum Gasteiger partial charge on any atom is -0.295 e. The number of aryl methyl sites for hydroxylation is 1. The molecular formula is C9H9O. The maximum absolute atomic E-state index is 10.8. The van der Waals surface area contributed by atoms with E-state index in [4.69, 9.17) is 0 Å². The van der Waals surface area contributed by atoms with E-state index in [9.17, 15) is 4.79 Å². The molecule has 0 heterocycles. The second kappa shape index (κ2) is 2.65. The summed E-state index contributed by atoms with van der Waals surface area (Å²) in [6.45, 7) is 3.45. The van der Waals surface area contributed by atoms with Crippen molar-refractivity contribution < 1.29 is 4.79 Å². The second-order valence-corrected chi connectivity index (χ2v) is 2.26. The first-order chi connectivity index (χ1) is 4.72. The smallest absolute Gasteiger partial charge is 0.160 e. The molecule has 0 fully saturated rings. The number of Topliss-reactive ketones (excluding diaryl/α,β-unsaturated/α-hetero) is 1. The minimum absolute atomic E-state index is 0.106. The lowest BCUT2D eigenvalue weighted by atomic mass is 10.1. The number of hydrogen-bond donors (Lipinski definition) is 0. The standard InChI is InChI=1S/C9H9O/c1-7-5-3-4-6-9(7)8(2)10/h3-4,6H,1-2H3. The van der Waals surface area contributed by atoms with Crippen molar-refractivity contribution in [2.75, 3.05) is 0 Å². The zero-order chi connectivity index (χ0) is 7.56. The first kappa shape index (κ1) is 7.00. The third kappa shape index (κ3) is 1.24. The molecule has 51 valence electrons. The van der Waals surface area contributed by atoms with Crippen LogP contribution in [0.1, 0.15) is 22.8 Å². The van der Waals surface area contributed by atoms with E-state index in [0.29, 0.717) is 0 Å². The first-order valence-corrected chi connectivity index (χ1v) is 3.20. The molecule has 0 N–H and O–H groups in total. The molecule has 0 atom stereocenters. The van der Waals surface area contributed by atoms with Crippen molar-refractivity contribution in [3.63, 3.8) is 0 Å². The number of ketones is 1. The molecule has 10 heavy (non-hydrogen) atoms. The fourth-order valence-corrected chi connectivity index (χ4v) is 0.902. The van der Waals surface area contributed by atoms with Crippen LogP contribution in [0.25, 0.3) is 0 Å². The highest BCUT2D eigenvalue weighted by atomic mass is 16.1. The summed E-state index contributed by atoms with van der Waals surface area (Å²) in [7, 11) is 0. The molecule has 0 aliphatic carbocycles. The molecule has 0 spiro atoms. The van der Waals surface area contributed by atoms with Crippen LogP contribution in [0.5, 0.6) is 0 Å². The largest absolute Gasteiger partial charge is 0.295 e. The first-order valence-electron chi connectivity index (χ1n) is 3.20. The van der Waals surface area contributed by atoms with Crippen molar-refractivity contribution in [3.05, 3.63) is 35.4 Å². The van der Waals surface area contributed by atoms with Gasteiger partial charge in [0.2, 0.25) is 0 Å². The van der Waals surface area contributed by atoms with Crippen LogP contribution in [0.2, 0.25) is 0 Å². The fraction of sp³-hybridized carbons (Fsp3) is 0.222. The molecule has 0 aliphatic rings. The SMILES string of the molecule is CC(=O)c1ccc[c]c1C. The van der Waals surface area contributed by atoms with Crippen molar-refractivity contribution in [1.29, 1.82) is 0 Å². The van der Waals surface area contributed by atoms with Crippen LogP contribution in [-0.2, 0) is 0 Å². The summed E-state index contributed by atoms with van der Waals surface area (Å²) in [6, 6.07) is 8.40. The molecule has 0 saturated carbocycles. The monoisotopic (exact) mass is 133 g/mol. The predicted octanol–water partition coefficient (Wildman–Crippen LogP) is 2.00. The molecule has 0 aliphatic heterocycles. The average Bonchev–Trinajstić information content (AvgIpc) is 1.88. The van der Waals surface area contributed by atoms with Crippen LogP contribution >= 0.6 is 0 Å². The molecule has 1 nitrogen and oxygen atoms in total. The van der Waals surface area contributed by atoms with Crippen LogP contribution < -0.4 is 0 Å². The predicted molar refractivity (Wildman–Crippen MR) is 40.0 cm³/mol. The third-order valence-electron chi connectivity index (χ3n) is 1.44. The van der Waals surface area contributed by atoms with E-state index in [2.05, 4.69) is 6.07 Å². The van der Waals surface area contributed by atoms with Crippen LogP contribution in [0.15, 0.2) is 18.2 Å². The summed E-state index contributed by atoms with van der Waals surface area (Å²) in [5.41, 5.74) is 1.69. The van der Waals surface area contributed by atoms with E-state index in [1.165, 1.54) is 0 Å². The Kier molecular flexibility index (Phi) is 1.86. The molecule has 1 heteroatoms. The topological polar surface area (TPSA) is 17.1 Å². The van der Waals surface area contributed by atoms with Gasteiger partial charge in [-0.25, -0.2) is 0 Å². The Bertz CT molecular complexity index is 251. The maximum atomic E-state index is 10.8. The number of carbonyl (C=O) groups excluding carboxylic acids is 1. The highest BCUT2D eigenvalue weighted by Gasteiger charge is 1.99. The van der Waals surface area contributed by atoms with E-state index < -0.39 is 0 Å². The molecule has 0 amide bonds. The highest BCUT2D eigenvalue weighted by molar-refractivity contribution is 5.95. The summed E-state index contributed by atoms with van der Waals surface area (Å²) >= 11 is 0. The van der Waals surface area contributed by atoms with Crippen LogP contribution in [0.3, 0.4) is 0 Å². The molecule has 1 radical (unpaired) electrons. The summed E-state index contributed by atoms with van der Waals surface area (Å²) in [5, 5.41) is 0. The van der Waals surface area contributed by atoms with Gasteiger partial charge in [0.25, 0.3) is 0 Å². The third-order valence-corrected chi connectivity index (χ3v) is 1.44. The number of rotatable bonds is 1. The fourth-order valence-electron chi connectivity index (χ4n) is 0.902. The van der Waals surface area contributed by atoms with Gasteiger partial charge in [-0.3, -0.25) is 4.79 Å². The Labute approximate surface area is 60.7 Å². The number of carbonyl (C=O) groups is 1. The van der Waals surface area contributed by atoms with Gasteiger partial charge in [-0.1, -0.05) is 18.2 Å². The zero-order valence-corrected chi connectivity index (χ0v) is 6.14. The molecule has 1 rings (SSSR count). The van der Waals surface area contributed by atoms with E-state index in [-0.39, 0.29) is 5.78 Å². The van der Waals surface area contributed by atoms with Crippen LogP contribution in [-0.4, -0.2) is 5.78 Å². The lowest BCUT2D eigenvalue weighted by molar-refractivity contribution is 0.101. The van der Waals surface area contributed by atoms with E-state index in [1.54, 1.807) is 6.92 Å². The second-order valence-electron chi connectivity index (χ2n) is 2.26. The highest BCUT2D eigenvalue weighted by Crippen LogP contribution is 2.05. The minimum atomic E-state index is 0.106. The van der Waals surface area contributed by atoms with Gasteiger partial charge in [0.1, 0.15) is 0 Å². The summed E-state index contributed by atoms with van der Waals surface area (Å²) in [4.78, 5) is 10.8. The van der Waals surface area contributed by atoms with Gasteiger partial charge in [0.15, 0.2) is 5.78 Å². The van der Waals surface area contributed by atoms with Crippen molar-refractivity contribution in [3.8, 4) is 0 Å². The Balaban J connectivity index is 3.15. The number of hydrogen-bond acceptors (Lipinski definition) is 1. The van der Waals surface area contributed by atoms with E-state index >= 15 is 0 Å². The quantitative estimate of drug-likeness (QED) is 0.535. The Morgan fingerprint density at radius 2 is 2.30 bits per heavy atom. The Morgan fingerprint density at radius 3 is 2.70 bits per heavy atom. The van der Waals surface area contributed by atoms with Gasteiger partial charge >= 0.3 is 0 Å². The summed E-state index contributed by atoms with van der Waals surface area (Å²) in [6.07, 6.45) is 0. The van der Waals surface area contributed by atoms with Gasteiger partial charge in [0, 0.05) is 5.56 Å². The lowest BCUT2D eigenvalue weighted by Crippen LogP contribution is -1.94. The van der Waals surface area contributed by atoms with Crippen molar-refractivity contribution >= 4 is 5.78 Å². The lowest BCUT2D eigenvalue weighted by Gasteiger charge is -1.97. The molecular weight excluding hydrogens is 124 g/mol. The Morgan fingerprint density at radius 1 is 1.60 bits per heavy atom. The van der Waals surface area contributed by atoms with Crippen molar-refractivity contribution in [1.82, 2.24) is 0 Å². The van der Waals surface area contributed by atoms with Crippen molar-refractivity contribution in [2.24, 2.45) is 0 Å². The molecule has 0 bridgehead atoms. The van der Waals surface area contributed by atoms with Crippen molar-refractivity contribution in [2.45, 2.75) is 13.8 Å². The average molecular weight is 133 g/mol. The van der Waals surface area contributed by atoms with Gasteiger partial charge < -0.3 is 0 Å². The van der Waals surface area contributed by atoms with Gasteiger partial charge in [0.05, 0.1) is 0 Å². The maximum Gasteiger partial charge on any atom is 0.160 e. The van der Waals surface area contributed by atoms with Gasteiger partial charge in [-0.05, 0) is 25.5 Å². The molecule has 0 unspecified atom stereocenters. The van der Waals surface area contributed by atoms with Crippen LogP contribution in [0, 0.1) is 13.0 Å². The molecule has 1 aromatic carbocycles. The van der Waals surface area contributed by atoms with Gasteiger partial charge in [-0.2, -0.15) is 0 Å². The summed E-state index contributed by atoms with van der Waals surface area (Å²) < 4.78 is 0. The molecule has 1 aromatic rings.